The molecule has 0 radical (unpaired) electrons. The van der Waals surface area contributed by atoms with Crippen LogP contribution in [-0.4, -0.2) is 42.1 Å². The van der Waals surface area contributed by atoms with E-state index in [9.17, 15) is 14.7 Å². The lowest BCUT2D eigenvalue weighted by molar-refractivity contribution is -0.132. The molecule has 8 nitrogen and oxygen atoms in total. The second-order valence-electron chi connectivity index (χ2n) is 9.71. The highest BCUT2D eigenvalue weighted by Gasteiger charge is 2.48. The summed E-state index contributed by atoms with van der Waals surface area (Å²) in [6, 6.07) is 15.4. The van der Waals surface area contributed by atoms with E-state index in [0.717, 1.165) is 27.1 Å². The standard InChI is InChI=1S/C30H26N2O6S/c1-15-5-8-20-24(11-15)39-30(31-20)32-26(17-6-10-22(36-3)23(14-17)37-4)25(28(34)29(32)35)27(33)18-7-9-21-19(13-18)12-16(2)38-21/h5-11,13-14,16,26,33H,12H2,1-4H3/t16-,26+/m1/s1. The Morgan fingerprint density at radius 2 is 1.85 bits per heavy atom. The number of aliphatic hydroxyl groups excluding tert-OH is 1. The first-order chi connectivity index (χ1) is 18.8. The normalized spacial score (nSPS) is 19.8. The second kappa shape index (κ2) is 9.43. The highest BCUT2D eigenvalue weighted by Crippen LogP contribution is 2.46. The minimum Gasteiger partial charge on any atom is -0.507 e. The summed E-state index contributed by atoms with van der Waals surface area (Å²) >= 11 is 1.32. The number of amides is 1. The summed E-state index contributed by atoms with van der Waals surface area (Å²) in [4.78, 5) is 33.3. The van der Waals surface area contributed by atoms with Crippen LogP contribution in [0, 0.1) is 6.92 Å². The van der Waals surface area contributed by atoms with E-state index in [1.54, 1.807) is 30.3 Å². The van der Waals surface area contributed by atoms with Gasteiger partial charge in [-0.25, -0.2) is 4.98 Å². The van der Waals surface area contributed by atoms with Gasteiger partial charge in [0.2, 0.25) is 0 Å². The second-order valence-corrected chi connectivity index (χ2v) is 10.7. The third-order valence-electron chi connectivity index (χ3n) is 7.08. The van der Waals surface area contributed by atoms with E-state index >= 15 is 0 Å². The summed E-state index contributed by atoms with van der Waals surface area (Å²) in [6.07, 6.45) is 0.715. The van der Waals surface area contributed by atoms with Gasteiger partial charge in [-0.05, 0) is 73.0 Å². The van der Waals surface area contributed by atoms with Gasteiger partial charge in [-0.3, -0.25) is 14.5 Å². The van der Waals surface area contributed by atoms with Crippen LogP contribution in [-0.2, 0) is 16.0 Å². The predicted molar refractivity (Wildman–Crippen MR) is 149 cm³/mol. The summed E-state index contributed by atoms with van der Waals surface area (Å²) in [6.45, 7) is 3.96. The summed E-state index contributed by atoms with van der Waals surface area (Å²) in [7, 11) is 3.05. The third kappa shape index (κ3) is 4.10. The van der Waals surface area contributed by atoms with Gasteiger partial charge in [0.25, 0.3) is 5.78 Å². The number of carbonyl (C=O) groups is 2. The van der Waals surface area contributed by atoms with Crippen molar-refractivity contribution in [2.24, 2.45) is 0 Å². The molecule has 9 heteroatoms. The fourth-order valence-electron chi connectivity index (χ4n) is 5.22. The largest absolute Gasteiger partial charge is 0.507 e. The van der Waals surface area contributed by atoms with E-state index in [2.05, 4.69) is 4.98 Å². The van der Waals surface area contributed by atoms with Gasteiger partial charge < -0.3 is 19.3 Å². The Morgan fingerprint density at radius 3 is 2.62 bits per heavy atom. The van der Waals surface area contributed by atoms with Crippen molar-refractivity contribution in [3.8, 4) is 17.2 Å². The van der Waals surface area contributed by atoms with Gasteiger partial charge in [-0.2, -0.15) is 0 Å². The molecule has 0 unspecified atom stereocenters. The fraction of sp³-hybridized carbons (Fsp3) is 0.233. The van der Waals surface area contributed by atoms with Crippen molar-refractivity contribution in [1.82, 2.24) is 4.98 Å². The number of ether oxygens (including phenoxy) is 3. The molecule has 0 saturated carbocycles. The van der Waals surface area contributed by atoms with Crippen molar-refractivity contribution in [1.29, 1.82) is 0 Å². The maximum Gasteiger partial charge on any atom is 0.301 e. The lowest BCUT2D eigenvalue weighted by atomic mass is 9.94. The molecule has 0 spiro atoms. The van der Waals surface area contributed by atoms with Crippen LogP contribution in [0.5, 0.6) is 17.2 Å². The Morgan fingerprint density at radius 1 is 1.05 bits per heavy atom. The molecule has 6 rings (SSSR count). The molecular formula is C30H26N2O6S. The van der Waals surface area contributed by atoms with Crippen LogP contribution in [0.3, 0.4) is 0 Å². The number of hydrogen-bond acceptors (Lipinski definition) is 8. The lowest BCUT2D eigenvalue weighted by Gasteiger charge is -2.23. The van der Waals surface area contributed by atoms with Crippen LogP contribution in [0.1, 0.15) is 35.2 Å². The molecule has 1 saturated heterocycles. The maximum atomic E-state index is 13.6. The molecule has 3 aromatic carbocycles. The van der Waals surface area contributed by atoms with Crippen LogP contribution < -0.4 is 19.1 Å². The molecule has 4 aromatic rings. The molecule has 1 fully saturated rings. The fourth-order valence-corrected chi connectivity index (χ4v) is 6.31. The number of hydrogen-bond donors (Lipinski definition) is 1. The molecule has 0 aliphatic carbocycles. The minimum absolute atomic E-state index is 0.0189. The first kappa shape index (κ1) is 24.9. The lowest BCUT2D eigenvalue weighted by Crippen LogP contribution is -2.29. The number of carbonyl (C=O) groups excluding carboxylic acids is 2. The first-order valence-corrected chi connectivity index (χ1v) is 13.3. The van der Waals surface area contributed by atoms with Gasteiger partial charge in [0.15, 0.2) is 16.6 Å². The van der Waals surface area contributed by atoms with Crippen LogP contribution >= 0.6 is 11.3 Å². The zero-order valence-electron chi connectivity index (χ0n) is 21.8. The molecule has 0 bridgehead atoms. The molecule has 2 aliphatic heterocycles. The minimum atomic E-state index is -0.935. The average molecular weight is 543 g/mol. The number of aromatic nitrogens is 1. The van der Waals surface area contributed by atoms with Crippen LogP contribution in [0.4, 0.5) is 5.13 Å². The quantitative estimate of drug-likeness (QED) is 0.200. The number of Topliss-reactive ketones (excluding diaryl/α,β-unsaturated/α-hetero) is 1. The van der Waals surface area contributed by atoms with Crippen LogP contribution in [0.2, 0.25) is 0 Å². The number of methoxy groups -OCH3 is 2. The van der Waals surface area contributed by atoms with E-state index in [-0.39, 0.29) is 17.4 Å². The molecule has 1 amide bonds. The van der Waals surface area contributed by atoms with Gasteiger partial charge in [-0.15, -0.1) is 0 Å². The first-order valence-electron chi connectivity index (χ1n) is 12.5. The highest BCUT2D eigenvalue weighted by atomic mass is 32.1. The number of benzene rings is 3. The molecular weight excluding hydrogens is 516 g/mol. The van der Waals surface area contributed by atoms with E-state index in [4.69, 9.17) is 14.2 Å². The van der Waals surface area contributed by atoms with Gasteiger partial charge in [-0.1, -0.05) is 23.5 Å². The molecule has 1 aromatic heterocycles. The van der Waals surface area contributed by atoms with Crippen LogP contribution in [0.15, 0.2) is 60.2 Å². The van der Waals surface area contributed by atoms with Crippen molar-refractivity contribution in [3.05, 3.63) is 82.4 Å². The number of aryl methyl sites for hydroxylation is 1. The topological polar surface area (TPSA) is 98.2 Å². The van der Waals surface area contributed by atoms with Gasteiger partial charge >= 0.3 is 5.91 Å². The SMILES string of the molecule is COc1ccc([C@H]2C(=C(O)c3ccc4c(c3)C[C@@H](C)O4)C(=O)C(=O)N2c2nc3ccc(C)cc3s2)cc1OC. The molecule has 39 heavy (non-hydrogen) atoms. The van der Waals surface area contributed by atoms with Crippen molar-refractivity contribution >= 4 is 44.1 Å². The summed E-state index contributed by atoms with van der Waals surface area (Å²) in [5.74, 6) is -0.112. The van der Waals surface area contributed by atoms with E-state index < -0.39 is 17.7 Å². The van der Waals surface area contributed by atoms with Crippen molar-refractivity contribution in [2.75, 3.05) is 19.1 Å². The molecule has 1 N–H and O–H groups in total. The molecule has 3 heterocycles. The zero-order valence-corrected chi connectivity index (χ0v) is 22.7. The highest BCUT2D eigenvalue weighted by molar-refractivity contribution is 7.22. The van der Waals surface area contributed by atoms with Gasteiger partial charge in [0.05, 0.1) is 36.1 Å². The Hall–Kier alpha value is -4.37. The number of nitrogens with zero attached hydrogens (tertiary/aromatic N) is 2. The zero-order chi connectivity index (χ0) is 27.4. The van der Waals surface area contributed by atoms with E-state index in [0.29, 0.717) is 34.2 Å². The Bertz CT molecular complexity index is 1690. The molecule has 198 valence electrons. The van der Waals surface area contributed by atoms with Gasteiger partial charge in [0, 0.05) is 12.0 Å². The number of anilines is 1. The maximum absolute atomic E-state index is 13.6. The number of aliphatic hydroxyl groups is 1. The summed E-state index contributed by atoms with van der Waals surface area (Å²) < 4.78 is 17.6. The monoisotopic (exact) mass is 542 g/mol. The van der Waals surface area contributed by atoms with E-state index in [1.807, 2.05) is 38.1 Å². The Labute approximate surface area is 229 Å². The van der Waals surface area contributed by atoms with Gasteiger partial charge in [0.1, 0.15) is 17.6 Å². The summed E-state index contributed by atoms with van der Waals surface area (Å²) in [5.41, 5.74) is 3.71. The smallest absolute Gasteiger partial charge is 0.301 e. The Kier molecular flexibility index (Phi) is 6.03. The third-order valence-corrected chi connectivity index (χ3v) is 8.09. The molecule has 2 atom stereocenters. The number of fused-ring (bicyclic) bond motifs is 2. The van der Waals surface area contributed by atoms with Crippen molar-refractivity contribution in [2.45, 2.75) is 32.4 Å². The molecule has 2 aliphatic rings. The van der Waals surface area contributed by atoms with Crippen molar-refractivity contribution < 1.29 is 28.9 Å². The average Bonchev–Trinajstić information content (AvgIpc) is 3.59. The van der Waals surface area contributed by atoms with Crippen LogP contribution in [0.25, 0.3) is 16.0 Å². The number of ketones is 1. The van der Waals surface area contributed by atoms with Crippen molar-refractivity contribution in [3.63, 3.8) is 0 Å². The number of thiazole rings is 1. The Balaban J connectivity index is 1.55. The summed E-state index contributed by atoms with van der Waals surface area (Å²) in [5, 5.41) is 11.9. The predicted octanol–water partition coefficient (Wildman–Crippen LogP) is 5.57. The number of rotatable bonds is 5. The van der Waals surface area contributed by atoms with E-state index in [1.165, 1.54) is 30.5 Å².